The smallest absolute Gasteiger partial charge is 0.309 e. The van der Waals surface area contributed by atoms with Gasteiger partial charge in [-0.15, -0.1) is 0 Å². The van der Waals surface area contributed by atoms with Gasteiger partial charge in [0.25, 0.3) is 5.56 Å². The van der Waals surface area contributed by atoms with Gasteiger partial charge < -0.3 is 4.90 Å². The van der Waals surface area contributed by atoms with Gasteiger partial charge in [0.2, 0.25) is 0 Å². The number of hydrogen-bond donors (Lipinski definition) is 0. The highest BCUT2D eigenvalue weighted by Crippen LogP contribution is 2.10. The number of fused-ring (bicyclic) bond motifs is 1. The minimum Gasteiger partial charge on any atom is -0.309 e. The normalized spacial score (nSPS) is 11.3. The van der Waals surface area contributed by atoms with Gasteiger partial charge in [0.05, 0.1) is 16.6 Å². The maximum atomic E-state index is 13.0. The minimum absolute atomic E-state index is 0.273. The predicted molar refractivity (Wildman–Crippen MR) is 97.0 cm³/mol. The zero-order chi connectivity index (χ0) is 17.1. The molecule has 5 heteroatoms. The summed E-state index contributed by atoms with van der Waals surface area (Å²) in [5.41, 5.74) is 0.729. The third-order valence-corrected chi connectivity index (χ3v) is 4.05. The van der Waals surface area contributed by atoms with Gasteiger partial charge in [-0.1, -0.05) is 30.3 Å². The Morgan fingerprint density at radius 1 is 0.917 bits per heavy atom. The van der Waals surface area contributed by atoms with Crippen LogP contribution in [0.5, 0.6) is 0 Å². The van der Waals surface area contributed by atoms with Crippen molar-refractivity contribution >= 4 is 10.9 Å². The Morgan fingerprint density at radius 2 is 1.58 bits per heavy atom. The van der Waals surface area contributed by atoms with E-state index in [2.05, 4.69) is 4.90 Å². The van der Waals surface area contributed by atoms with Crippen LogP contribution in [0.2, 0.25) is 0 Å². The molecule has 0 saturated carbocycles. The second kappa shape index (κ2) is 6.84. The predicted octanol–water partition coefficient (Wildman–Crippen LogP) is 2.10. The van der Waals surface area contributed by atoms with E-state index in [-0.39, 0.29) is 11.2 Å². The quantitative estimate of drug-likeness (QED) is 0.722. The van der Waals surface area contributed by atoms with E-state index >= 15 is 0 Å². The lowest BCUT2D eigenvalue weighted by Gasteiger charge is -2.15. The Morgan fingerprint density at radius 3 is 2.29 bits per heavy atom. The number of nitrogens with zero attached hydrogens (tertiary/aromatic N) is 3. The molecule has 0 radical (unpaired) electrons. The first-order chi connectivity index (χ1) is 11.6. The number of benzene rings is 2. The molecule has 0 aliphatic rings. The van der Waals surface area contributed by atoms with Crippen LogP contribution in [0.3, 0.4) is 0 Å². The molecule has 1 heterocycles. The Bertz CT molecular complexity index is 956. The highest BCUT2D eigenvalue weighted by atomic mass is 16.2. The first kappa shape index (κ1) is 16.2. The number of aryl methyl sites for hydroxylation is 1. The van der Waals surface area contributed by atoms with E-state index in [1.54, 1.807) is 22.8 Å². The SMILES string of the molecule is CN(C)CCCn1c(=O)n(-c2ccccc2)c(=O)c2ccccc21. The summed E-state index contributed by atoms with van der Waals surface area (Å²) in [4.78, 5) is 27.9. The molecule has 0 fully saturated rings. The lowest BCUT2D eigenvalue weighted by atomic mass is 10.2. The van der Waals surface area contributed by atoms with Crippen molar-refractivity contribution in [1.29, 1.82) is 0 Å². The summed E-state index contributed by atoms with van der Waals surface area (Å²) in [5.74, 6) is 0. The molecule has 0 spiro atoms. The van der Waals surface area contributed by atoms with Crippen molar-refractivity contribution in [2.24, 2.45) is 0 Å². The molecule has 24 heavy (non-hydrogen) atoms. The molecule has 3 aromatic rings. The molecule has 0 atom stereocenters. The molecule has 2 aromatic carbocycles. The van der Waals surface area contributed by atoms with E-state index in [1.165, 1.54) is 4.57 Å². The zero-order valence-corrected chi connectivity index (χ0v) is 14.0. The van der Waals surface area contributed by atoms with E-state index < -0.39 is 0 Å². The van der Waals surface area contributed by atoms with Gasteiger partial charge in [-0.05, 0) is 51.3 Å². The summed E-state index contributed by atoms with van der Waals surface area (Å²) >= 11 is 0. The zero-order valence-electron chi connectivity index (χ0n) is 14.0. The van der Waals surface area contributed by atoms with E-state index in [0.717, 1.165) is 13.0 Å². The Balaban J connectivity index is 2.22. The number of hydrogen-bond acceptors (Lipinski definition) is 3. The molecular weight excluding hydrogens is 302 g/mol. The molecule has 124 valence electrons. The third-order valence-electron chi connectivity index (χ3n) is 4.05. The first-order valence-electron chi connectivity index (χ1n) is 8.04. The highest BCUT2D eigenvalue weighted by molar-refractivity contribution is 5.78. The van der Waals surface area contributed by atoms with Crippen LogP contribution in [0, 0.1) is 0 Å². The van der Waals surface area contributed by atoms with Gasteiger partial charge in [0, 0.05) is 6.54 Å². The average molecular weight is 323 g/mol. The molecule has 0 saturated heterocycles. The maximum Gasteiger partial charge on any atom is 0.336 e. The summed E-state index contributed by atoms with van der Waals surface area (Å²) in [5, 5.41) is 0.561. The standard InChI is InChI=1S/C19H21N3O2/c1-20(2)13-8-14-21-17-12-7-6-11-16(17)18(23)22(19(21)24)15-9-4-3-5-10-15/h3-7,9-12H,8,13-14H2,1-2H3. The topological polar surface area (TPSA) is 47.2 Å². The molecule has 0 aliphatic heterocycles. The second-order valence-corrected chi connectivity index (χ2v) is 6.08. The van der Waals surface area contributed by atoms with Crippen LogP contribution in [0.25, 0.3) is 16.6 Å². The van der Waals surface area contributed by atoms with Crippen LogP contribution in [0.4, 0.5) is 0 Å². The van der Waals surface area contributed by atoms with Gasteiger partial charge in [-0.2, -0.15) is 0 Å². The number of rotatable bonds is 5. The fourth-order valence-electron chi connectivity index (χ4n) is 2.89. The second-order valence-electron chi connectivity index (χ2n) is 6.08. The van der Waals surface area contributed by atoms with E-state index in [9.17, 15) is 9.59 Å². The van der Waals surface area contributed by atoms with Crippen molar-refractivity contribution in [3.8, 4) is 5.69 Å². The van der Waals surface area contributed by atoms with E-state index in [1.807, 2.05) is 50.5 Å². The van der Waals surface area contributed by atoms with Crippen LogP contribution in [-0.2, 0) is 6.54 Å². The van der Waals surface area contributed by atoms with Crippen molar-refractivity contribution in [3.63, 3.8) is 0 Å². The maximum absolute atomic E-state index is 13.0. The van der Waals surface area contributed by atoms with Crippen molar-refractivity contribution in [3.05, 3.63) is 75.4 Å². The van der Waals surface area contributed by atoms with Crippen molar-refractivity contribution < 1.29 is 0 Å². The lowest BCUT2D eigenvalue weighted by Crippen LogP contribution is -2.39. The van der Waals surface area contributed by atoms with Gasteiger partial charge in [0.1, 0.15) is 0 Å². The average Bonchev–Trinajstić information content (AvgIpc) is 2.59. The summed E-state index contributed by atoms with van der Waals surface area (Å²) in [7, 11) is 4.01. The van der Waals surface area contributed by atoms with Crippen LogP contribution in [0.15, 0.2) is 64.2 Å². The molecule has 0 N–H and O–H groups in total. The lowest BCUT2D eigenvalue weighted by molar-refractivity contribution is 0.385. The van der Waals surface area contributed by atoms with Crippen molar-refractivity contribution in [2.75, 3.05) is 20.6 Å². The minimum atomic E-state index is -0.288. The number of para-hydroxylation sites is 2. The number of aromatic nitrogens is 2. The highest BCUT2D eigenvalue weighted by Gasteiger charge is 2.13. The Hall–Kier alpha value is -2.66. The van der Waals surface area contributed by atoms with Crippen molar-refractivity contribution in [2.45, 2.75) is 13.0 Å². The molecule has 0 aliphatic carbocycles. The van der Waals surface area contributed by atoms with Gasteiger partial charge >= 0.3 is 5.69 Å². The molecule has 0 unspecified atom stereocenters. The largest absolute Gasteiger partial charge is 0.336 e. The molecule has 3 rings (SSSR count). The molecular formula is C19H21N3O2. The Kier molecular flexibility index (Phi) is 4.62. The van der Waals surface area contributed by atoms with Crippen molar-refractivity contribution in [1.82, 2.24) is 14.0 Å². The Labute approximate surface area is 140 Å². The van der Waals surface area contributed by atoms with Gasteiger partial charge in [-0.25, -0.2) is 9.36 Å². The van der Waals surface area contributed by atoms with E-state index in [4.69, 9.17) is 0 Å². The van der Waals surface area contributed by atoms with Crippen LogP contribution >= 0.6 is 0 Å². The summed E-state index contributed by atoms with van der Waals surface area (Å²) in [6.45, 7) is 1.45. The van der Waals surface area contributed by atoms with Gasteiger partial charge in [0.15, 0.2) is 0 Å². The van der Waals surface area contributed by atoms with Crippen LogP contribution in [0.1, 0.15) is 6.42 Å². The first-order valence-corrected chi connectivity index (χ1v) is 8.04. The fourth-order valence-corrected chi connectivity index (χ4v) is 2.89. The van der Waals surface area contributed by atoms with Crippen LogP contribution < -0.4 is 11.2 Å². The monoisotopic (exact) mass is 323 g/mol. The van der Waals surface area contributed by atoms with Crippen LogP contribution in [-0.4, -0.2) is 34.7 Å². The molecule has 0 amide bonds. The summed E-state index contributed by atoms with van der Waals surface area (Å²) in [6, 6.07) is 16.4. The summed E-state index contributed by atoms with van der Waals surface area (Å²) in [6.07, 6.45) is 0.837. The summed E-state index contributed by atoms with van der Waals surface area (Å²) < 4.78 is 2.96. The molecule has 5 nitrogen and oxygen atoms in total. The van der Waals surface area contributed by atoms with E-state index in [0.29, 0.717) is 23.1 Å². The van der Waals surface area contributed by atoms with Gasteiger partial charge in [-0.3, -0.25) is 9.36 Å². The fraction of sp³-hybridized carbons (Fsp3) is 0.263. The molecule has 0 bridgehead atoms. The molecule has 1 aromatic heterocycles. The third kappa shape index (κ3) is 3.03.